The predicted molar refractivity (Wildman–Crippen MR) is 131 cm³/mol. The van der Waals surface area contributed by atoms with Crippen LogP contribution >= 0.6 is 0 Å². The fourth-order valence-corrected chi connectivity index (χ4v) is 4.09. The van der Waals surface area contributed by atoms with Crippen molar-refractivity contribution in [2.45, 2.75) is 6.42 Å². The molecule has 0 aliphatic carbocycles. The van der Waals surface area contributed by atoms with E-state index in [1.807, 2.05) is 59.5 Å². The van der Waals surface area contributed by atoms with Gasteiger partial charge < -0.3 is 15.1 Å². The van der Waals surface area contributed by atoms with E-state index in [0.29, 0.717) is 49.9 Å². The molecule has 2 aromatic carbocycles. The molecule has 1 saturated heterocycles. The van der Waals surface area contributed by atoms with Crippen molar-refractivity contribution in [3.63, 3.8) is 0 Å². The summed E-state index contributed by atoms with van der Waals surface area (Å²) in [6, 6.07) is 18.7. The van der Waals surface area contributed by atoms with Crippen molar-refractivity contribution in [1.82, 2.24) is 19.9 Å². The molecule has 0 bridgehead atoms. The Labute approximate surface area is 197 Å². The summed E-state index contributed by atoms with van der Waals surface area (Å²) >= 11 is 0. The van der Waals surface area contributed by atoms with E-state index in [1.165, 1.54) is 0 Å². The fourth-order valence-electron chi connectivity index (χ4n) is 4.09. The number of anilines is 2. The molecular formula is C26H24N6O2. The first-order chi connectivity index (χ1) is 16.7. The van der Waals surface area contributed by atoms with Crippen molar-refractivity contribution in [1.29, 1.82) is 0 Å². The minimum Gasteiger partial charge on any atom is -0.339 e. The molecule has 2 aromatic heterocycles. The third kappa shape index (κ3) is 4.71. The second kappa shape index (κ2) is 9.66. The van der Waals surface area contributed by atoms with Gasteiger partial charge in [-0.3, -0.25) is 14.6 Å². The van der Waals surface area contributed by atoms with Crippen LogP contribution in [-0.2, 0) is 11.2 Å². The Kier molecular flexibility index (Phi) is 6.11. The SMILES string of the molecule is O=C(Nc1ccc(CC(=O)N2CCN(c3ncccn3)CC2)cc1)c1nccc2ccccc12. The van der Waals surface area contributed by atoms with E-state index in [2.05, 4.69) is 25.2 Å². The molecule has 170 valence electrons. The number of piperazine rings is 1. The summed E-state index contributed by atoms with van der Waals surface area (Å²) in [6.07, 6.45) is 5.41. The van der Waals surface area contributed by atoms with Crippen LogP contribution in [0.2, 0.25) is 0 Å². The van der Waals surface area contributed by atoms with Gasteiger partial charge in [0.25, 0.3) is 5.91 Å². The zero-order chi connectivity index (χ0) is 23.3. The second-order valence-corrected chi connectivity index (χ2v) is 8.13. The summed E-state index contributed by atoms with van der Waals surface area (Å²) in [5.41, 5.74) is 1.95. The Morgan fingerprint density at radius 2 is 1.53 bits per heavy atom. The standard InChI is InChI=1S/C26H24N6O2/c33-23(31-14-16-32(17-15-31)26-28-11-3-12-29-26)18-19-6-8-21(9-7-19)30-25(34)24-22-5-2-1-4-20(22)10-13-27-24/h1-13H,14-18H2,(H,30,34). The van der Waals surface area contributed by atoms with Crippen LogP contribution in [0.4, 0.5) is 11.6 Å². The van der Waals surface area contributed by atoms with Crippen LogP contribution in [0.25, 0.3) is 10.8 Å². The third-order valence-electron chi connectivity index (χ3n) is 5.92. The highest BCUT2D eigenvalue weighted by Gasteiger charge is 2.22. The summed E-state index contributed by atoms with van der Waals surface area (Å²) < 4.78 is 0. The lowest BCUT2D eigenvalue weighted by Gasteiger charge is -2.34. The third-order valence-corrected chi connectivity index (χ3v) is 5.92. The molecule has 8 nitrogen and oxygen atoms in total. The monoisotopic (exact) mass is 452 g/mol. The van der Waals surface area contributed by atoms with Crippen molar-refractivity contribution >= 4 is 34.2 Å². The smallest absolute Gasteiger partial charge is 0.274 e. The number of hydrogen-bond acceptors (Lipinski definition) is 6. The molecule has 3 heterocycles. The Hall–Kier alpha value is -4.33. The van der Waals surface area contributed by atoms with Crippen LogP contribution < -0.4 is 10.2 Å². The van der Waals surface area contributed by atoms with Crippen LogP contribution in [0.3, 0.4) is 0 Å². The number of carbonyl (C=O) groups excluding carboxylic acids is 2. The Morgan fingerprint density at radius 3 is 2.29 bits per heavy atom. The molecule has 2 amide bonds. The van der Waals surface area contributed by atoms with Crippen LogP contribution in [0.1, 0.15) is 16.1 Å². The van der Waals surface area contributed by atoms with Crippen LogP contribution in [0.5, 0.6) is 0 Å². The summed E-state index contributed by atoms with van der Waals surface area (Å²) in [6.45, 7) is 2.71. The molecule has 0 saturated carbocycles. The van der Waals surface area contributed by atoms with Gasteiger partial charge in [0.15, 0.2) is 0 Å². The molecular weight excluding hydrogens is 428 g/mol. The summed E-state index contributed by atoms with van der Waals surface area (Å²) in [7, 11) is 0. The van der Waals surface area contributed by atoms with Crippen LogP contribution in [0.15, 0.2) is 79.3 Å². The molecule has 0 atom stereocenters. The van der Waals surface area contributed by atoms with Crippen molar-refractivity contribution in [2.75, 3.05) is 36.4 Å². The molecule has 5 rings (SSSR count). The van der Waals surface area contributed by atoms with Gasteiger partial charge >= 0.3 is 0 Å². The number of fused-ring (bicyclic) bond motifs is 1. The van der Waals surface area contributed by atoms with Crippen molar-refractivity contribution in [3.8, 4) is 0 Å². The van der Waals surface area contributed by atoms with Gasteiger partial charge in [-0.05, 0) is 35.2 Å². The molecule has 1 N–H and O–H groups in total. The number of nitrogens with zero attached hydrogens (tertiary/aromatic N) is 5. The van der Waals surface area contributed by atoms with Gasteiger partial charge in [0, 0.05) is 55.8 Å². The molecule has 1 aliphatic heterocycles. The molecule has 1 fully saturated rings. The number of hydrogen-bond donors (Lipinski definition) is 1. The summed E-state index contributed by atoms with van der Waals surface area (Å²) in [5, 5.41) is 4.68. The molecule has 0 unspecified atom stereocenters. The van der Waals surface area contributed by atoms with Crippen molar-refractivity contribution < 1.29 is 9.59 Å². The highest BCUT2D eigenvalue weighted by Crippen LogP contribution is 2.19. The van der Waals surface area contributed by atoms with E-state index >= 15 is 0 Å². The van der Waals surface area contributed by atoms with Crippen LogP contribution in [0, 0.1) is 0 Å². The van der Waals surface area contributed by atoms with Crippen molar-refractivity contribution in [2.24, 2.45) is 0 Å². The lowest BCUT2D eigenvalue weighted by molar-refractivity contribution is -0.130. The number of nitrogens with one attached hydrogen (secondary N) is 1. The highest BCUT2D eigenvalue weighted by atomic mass is 16.2. The Morgan fingerprint density at radius 1 is 0.794 bits per heavy atom. The van der Waals surface area contributed by atoms with E-state index in [9.17, 15) is 9.59 Å². The lowest BCUT2D eigenvalue weighted by atomic mass is 10.1. The Balaban J connectivity index is 1.17. The topological polar surface area (TPSA) is 91.3 Å². The number of carbonyl (C=O) groups is 2. The summed E-state index contributed by atoms with van der Waals surface area (Å²) in [4.78, 5) is 42.3. The van der Waals surface area contributed by atoms with Gasteiger partial charge in [-0.1, -0.05) is 36.4 Å². The van der Waals surface area contributed by atoms with E-state index in [4.69, 9.17) is 0 Å². The maximum atomic E-state index is 12.8. The predicted octanol–water partition coefficient (Wildman–Crippen LogP) is 3.17. The normalized spacial score (nSPS) is 13.6. The number of aromatic nitrogens is 3. The minimum absolute atomic E-state index is 0.0883. The van der Waals surface area contributed by atoms with Gasteiger partial charge in [0.05, 0.1) is 6.42 Å². The molecule has 8 heteroatoms. The summed E-state index contributed by atoms with van der Waals surface area (Å²) in [5.74, 6) is 0.525. The van der Waals surface area contributed by atoms with Gasteiger partial charge in [-0.15, -0.1) is 0 Å². The highest BCUT2D eigenvalue weighted by molar-refractivity contribution is 6.11. The fraction of sp³-hybridized carbons (Fsp3) is 0.192. The second-order valence-electron chi connectivity index (χ2n) is 8.13. The maximum absolute atomic E-state index is 12.8. The minimum atomic E-state index is -0.263. The van der Waals surface area contributed by atoms with Gasteiger partial charge in [0.2, 0.25) is 11.9 Å². The average molecular weight is 453 g/mol. The quantitative estimate of drug-likeness (QED) is 0.500. The first-order valence-electron chi connectivity index (χ1n) is 11.2. The average Bonchev–Trinajstić information content (AvgIpc) is 2.90. The number of rotatable bonds is 5. The van der Waals surface area contributed by atoms with E-state index in [0.717, 1.165) is 16.3 Å². The zero-order valence-corrected chi connectivity index (χ0v) is 18.6. The van der Waals surface area contributed by atoms with Crippen LogP contribution in [-0.4, -0.2) is 57.8 Å². The van der Waals surface area contributed by atoms with Crippen molar-refractivity contribution in [3.05, 3.63) is 90.5 Å². The lowest BCUT2D eigenvalue weighted by Crippen LogP contribution is -2.49. The van der Waals surface area contributed by atoms with Gasteiger partial charge in [-0.2, -0.15) is 0 Å². The van der Waals surface area contributed by atoms with E-state index in [-0.39, 0.29) is 11.8 Å². The molecule has 0 spiro atoms. The molecule has 1 aliphatic rings. The van der Waals surface area contributed by atoms with E-state index < -0.39 is 0 Å². The largest absolute Gasteiger partial charge is 0.339 e. The Bertz CT molecular complexity index is 1300. The van der Waals surface area contributed by atoms with E-state index in [1.54, 1.807) is 24.7 Å². The molecule has 0 radical (unpaired) electrons. The zero-order valence-electron chi connectivity index (χ0n) is 18.6. The number of benzene rings is 2. The number of pyridine rings is 1. The maximum Gasteiger partial charge on any atom is 0.274 e. The van der Waals surface area contributed by atoms with Gasteiger partial charge in [0.1, 0.15) is 5.69 Å². The molecule has 4 aromatic rings. The van der Waals surface area contributed by atoms with Gasteiger partial charge in [-0.25, -0.2) is 9.97 Å². The first kappa shape index (κ1) is 21.5. The number of amides is 2. The first-order valence-corrected chi connectivity index (χ1v) is 11.2. The molecule has 34 heavy (non-hydrogen) atoms.